The number of esters is 1. The van der Waals surface area contributed by atoms with Gasteiger partial charge in [-0.1, -0.05) is 13.3 Å². The number of nitrogens with zero attached hydrogens (tertiary/aromatic N) is 1. The van der Waals surface area contributed by atoms with E-state index in [1.807, 2.05) is 0 Å². The van der Waals surface area contributed by atoms with Crippen LogP contribution in [0.15, 0.2) is 0 Å². The molecule has 18 heavy (non-hydrogen) atoms. The third kappa shape index (κ3) is 5.36. The van der Waals surface area contributed by atoms with Crippen molar-refractivity contribution in [2.45, 2.75) is 58.7 Å². The van der Waals surface area contributed by atoms with Gasteiger partial charge in [0, 0.05) is 13.1 Å². The Labute approximate surface area is 111 Å². The summed E-state index contributed by atoms with van der Waals surface area (Å²) < 4.78 is 11.2. The fourth-order valence-electron chi connectivity index (χ4n) is 2.62. The lowest BCUT2D eigenvalue weighted by atomic mass is 9.99. The fraction of sp³-hybridized carbons (Fsp3) is 0.929. The molecule has 0 aromatic heterocycles. The zero-order chi connectivity index (χ0) is 13.8. The smallest absolute Gasteiger partial charge is 0.320 e. The van der Waals surface area contributed by atoms with Crippen LogP contribution in [0.5, 0.6) is 0 Å². The van der Waals surface area contributed by atoms with Gasteiger partial charge < -0.3 is 9.47 Å². The molecule has 0 aliphatic carbocycles. The van der Waals surface area contributed by atoms with Crippen molar-refractivity contribution in [2.24, 2.45) is 0 Å². The summed E-state index contributed by atoms with van der Waals surface area (Å²) in [5.74, 6) is -0.128. The topological polar surface area (TPSA) is 38.8 Å². The fourth-order valence-corrected chi connectivity index (χ4v) is 2.62. The highest BCUT2D eigenvalue weighted by Gasteiger charge is 2.38. The molecule has 0 radical (unpaired) electrons. The van der Waals surface area contributed by atoms with Crippen LogP contribution in [0.25, 0.3) is 0 Å². The van der Waals surface area contributed by atoms with Crippen LogP contribution in [0.2, 0.25) is 0 Å². The standard InChI is InChI=1S/C14H27NO3/c1-6-7-8-17-12(16)9-15-10-13(2,3)18-14(4,5)11-15/h6-11H2,1-5H3. The van der Waals surface area contributed by atoms with Crippen molar-refractivity contribution >= 4 is 5.97 Å². The Kier molecular flexibility index (Phi) is 5.17. The predicted molar refractivity (Wildman–Crippen MR) is 71.6 cm³/mol. The number of carbonyl (C=O) groups excluding carboxylic acids is 1. The summed E-state index contributed by atoms with van der Waals surface area (Å²) in [5, 5.41) is 0. The highest BCUT2D eigenvalue weighted by atomic mass is 16.5. The second-order valence-electron chi connectivity index (χ2n) is 6.34. The molecule has 0 unspecified atom stereocenters. The van der Waals surface area contributed by atoms with E-state index in [0.717, 1.165) is 25.9 Å². The number of hydrogen-bond acceptors (Lipinski definition) is 4. The number of hydrogen-bond donors (Lipinski definition) is 0. The molecule has 0 atom stereocenters. The van der Waals surface area contributed by atoms with Gasteiger partial charge in [-0.2, -0.15) is 0 Å². The summed E-state index contributed by atoms with van der Waals surface area (Å²) >= 11 is 0. The molecule has 1 heterocycles. The molecule has 1 fully saturated rings. The largest absolute Gasteiger partial charge is 0.465 e. The predicted octanol–water partition coefficient (Wildman–Crippen LogP) is 2.22. The summed E-state index contributed by atoms with van der Waals surface area (Å²) in [6.45, 7) is 12.7. The van der Waals surface area contributed by atoms with Crippen molar-refractivity contribution in [3.8, 4) is 0 Å². The summed E-state index contributed by atoms with van der Waals surface area (Å²) in [6, 6.07) is 0. The van der Waals surface area contributed by atoms with Gasteiger partial charge in [0.2, 0.25) is 0 Å². The van der Waals surface area contributed by atoms with Gasteiger partial charge in [-0.3, -0.25) is 9.69 Å². The zero-order valence-electron chi connectivity index (χ0n) is 12.4. The van der Waals surface area contributed by atoms with Gasteiger partial charge in [0.25, 0.3) is 0 Å². The molecule has 1 aliphatic heterocycles. The van der Waals surface area contributed by atoms with Gasteiger partial charge in [-0.05, 0) is 34.1 Å². The molecule has 4 heteroatoms. The normalized spacial score (nSPS) is 22.7. The second-order valence-corrected chi connectivity index (χ2v) is 6.34. The van der Waals surface area contributed by atoms with Crippen molar-refractivity contribution in [3.05, 3.63) is 0 Å². The number of ether oxygens (including phenoxy) is 2. The molecule has 0 aromatic rings. The van der Waals surface area contributed by atoms with Gasteiger partial charge in [0.1, 0.15) is 0 Å². The molecule has 0 N–H and O–H groups in total. The van der Waals surface area contributed by atoms with Crippen LogP contribution in [-0.4, -0.2) is 48.3 Å². The Balaban J connectivity index is 2.44. The van der Waals surface area contributed by atoms with Crippen LogP contribution < -0.4 is 0 Å². The minimum atomic E-state index is -0.217. The summed E-state index contributed by atoms with van der Waals surface area (Å²) in [6.07, 6.45) is 1.98. The van der Waals surface area contributed by atoms with Crippen LogP contribution in [0, 0.1) is 0 Å². The molecule has 0 aromatic carbocycles. The molecule has 106 valence electrons. The highest BCUT2D eigenvalue weighted by molar-refractivity contribution is 5.71. The highest BCUT2D eigenvalue weighted by Crippen LogP contribution is 2.27. The lowest BCUT2D eigenvalue weighted by molar-refractivity contribution is -0.184. The van der Waals surface area contributed by atoms with Crippen molar-refractivity contribution < 1.29 is 14.3 Å². The molecule has 1 saturated heterocycles. The number of unbranched alkanes of at least 4 members (excludes halogenated alkanes) is 1. The van der Waals surface area contributed by atoms with Crippen molar-refractivity contribution in [3.63, 3.8) is 0 Å². The first-order valence-electron chi connectivity index (χ1n) is 6.82. The number of morpholine rings is 1. The average Bonchev–Trinajstić information content (AvgIpc) is 2.12. The lowest BCUT2D eigenvalue weighted by Crippen LogP contribution is -2.58. The van der Waals surface area contributed by atoms with Gasteiger partial charge in [0.05, 0.1) is 24.4 Å². The Bertz CT molecular complexity index is 271. The first-order chi connectivity index (χ1) is 8.24. The van der Waals surface area contributed by atoms with E-state index in [2.05, 4.69) is 39.5 Å². The van der Waals surface area contributed by atoms with E-state index in [4.69, 9.17) is 9.47 Å². The number of carbonyl (C=O) groups is 1. The van der Waals surface area contributed by atoms with E-state index < -0.39 is 0 Å². The summed E-state index contributed by atoms with van der Waals surface area (Å²) in [5.41, 5.74) is -0.434. The van der Waals surface area contributed by atoms with Crippen molar-refractivity contribution in [2.75, 3.05) is 26.2 Å². The van der Waals surface area contributed by atoms with Crippen LogP contribution in [0.3, 0.4) is 0 Å². The zero-order valence-corrected chi connectivity index (χ0v) is 12.4. The Hall–Kier alpha value is -0.610. The van der Waals surface area contributed by atoms with Crippen LogP contribution in [0.4, 0.5) is 0 Å². The SMILES string of the molecule is CCCCOC(=O)CN1CC(C)(C)OC(C)(C)C1. The first kappa shape index (κ1) is 15.4. The van der Waals surface area contributed by atoms with Gasteiger partial charge in [0.15, 0.2) is 0 Å². The Morgan fingerprint density at radius 2 is 1.78 bits per heavy atom. The summed E-state index contributed by atoms with van der Waals surface area (Å²) in [4.78, 5) is 13.8. The van der Waals surface area contributed by atoms with Crippen LogP contribution >= 0.6 is 0 Å². The maximum absolute atomic E-state index is 11.7. The quantitative estimate of drug-likeness (QED) is 0.559. The van der Waals surface area contributed by atoms with E-state index in [-0.39, 0.29) is 17.2 Å². The maximum atomic E-state index is 11.7. The third-order valence-electron chi connectivity index (χ3n) is 2.88. The Morgan fingerprint density at radius 1 is 1.22 bits per heavy atom. The second kappa shape index (κ2) is 6.02. The molecule has 0 bridgehead atoms. The van der Waals surface area contributed by atoms with Crippen LogP contribution in [-0.2, 0) is 14.3 Å². The number of rotatable bonds is 5. The average molecular weight is 257 g/mol. The molecular weight excluding hydrogens is 230 g/mol. The molecule has 0 saturated carbocycles. The van der Waals surface area contributed by atoms with Gasteiger partial charge in [-0.25, -0.2) is 0 Å². The molecule has 4 nitrogen and oxygen atoms in total. The molecule has 1 aliphatic rings. The van der Waals surface area contributed by atoms with E-state index in [1.54, 1.807) is 0 Å². The molecule has 1 rings (SSSR count). The minimum Gasteiger partial charge on any atom is -0.465 e. The molecule has 0 spiro atoms. The van der Waals surface area contributed by atoms with Crippen molar-refractivity contribution in [1.82, 2.24) is 4.90 Å². The van der Waals surface area contributed by atoms with Crippen molar-refractivity contribution in [1.29, 1.82) is 0 Å². The monoisotopic (exact) mass is 257 g/mol. The summed E-state index contributed by atoms with van der Waals surface area (Å²) in [7, 11) is 0. The van der Waals surface area contributed by atoms with Gasteiger partial charge >= 0.3 is 5.97 Å². The lowest BCUT2D eigenvalue weighted by Gasteiger charge is -2.46. The Morgan fingerprint density at radius 3 is 2.28 bits per heavy atom. The molecule has 0 amide bonds. The van der Waals surface area contributed by atoms with Crippen LogP contribution in [0.1, 0.15) is 47.5 Å². The van der Waals surface area contributed by atoms with E-state index >= 15 is 0 Å². The maximum Gasteiger partial charge on any atom is 0.320 e. The molecular formula is C14H27NO3. The van der Waals surface area contributed by atoms with E-state index in [0.29, 0.717) is 13.2 Å². The first-order valence-corrected chi connectivity index (χ1v) is 6.82. The van der Waals surface area contributed by atoms with E-state index in [1.165, 1.54) is 0 Å². The van der Waals surface area contributed by atoms with Gasteiger partial charge in [-0.15, -0.1) is 0 Å². The van der Waals surface area contributed by atoms with E-state index in [9.17, 15) is 4.79 Å². The third-order valence-corrected chi connectivity index (χ3v) is 2.88. The minimum absolute atomic E-state index is 0.128.